The van der Waals surface area contributed by atoms with Crippen molar-refractivity contribution in [3.8, 4) is 5.75 Å². The van der Waals surface area contributed by atoms with Crippen LogP contribution in [0.25, 0.3) is 0 Å². The summed E-state index contributed by atoms with van der Waals surface area (Å²) in [6.45, 7) is 6.25. The number of hydrogen-bond acceptors (Lipinski definition) is 2. The fourth-order valence-corrected chi connectivity index (χ4v) is 3.52. The highest BCUT2D eigenvalue weighted by Gasteiger charge is 2.29. The van der Waals surface area contributed by atoms with E-state index in [0.29, 0.717) is 17.7 Å². The standard InChI is InChI=1S/C18H17BrO2/c1-10-6-11(2)18(12(3)7-10)17-9-15(20)14-8-13(19)4-5-16(14)21-17/h4-8,17H,9H2,1-3H3. The topological polar surface area (TPSA) is 26.3 Å². The van der Waals surface area contributed by atoms with Gasteiger partial charge >= 0.3 is 0 Å². The van der Waals surface area contributed by atoms with E-state index in [1.807, 2.05) is 18.2 Å². The van der Waals surface area contributed by atoms with E-state index in [2.05, 4.69) is 48.8 Å². The highest BCUT2D eigenvalue weighted by molar-refractivity contribution is 9.10. The van der Waals surface area contributed by atoms with Crippen molar-refractivity contribution in [1.82, 2.24) is 0 Å². The Bertz CT molecular complexity index is 711. The zero-order chi connectivity index (χ0) is 15.1. The summed E-state index contributed by atoms with van der Waals surface area (Å²) >= 11 is 3.40. The van der Waals surface area contributed by atoms with Crippen molar-refractivity contribution in [3.05, 3.63) is 62.6 Å². The first kappa shape index (κ1) is 14.3. The van der Waals surface area contributed by atoms with Gasteiger partial charge in [0.05, 0.1) is 12.0 Å². The number of carbonyl (C=O) groups is 1. The molecule has 1 unspecified atom stereocenters. The van der Waals surface area contributed by atoms with Crippen LogP contribution in [0.2, 0.25) is 0 Å². The van der Waals surface area contributed by atoms with Crippen LogP contribution >= 0.6 is 15.9 Å². The molecule has 2 aromatic carbocycles. The summed E-state index contributed by atoms with van der Waals surface area (Å²) in [7, 11) is 0. The summed E-state index contributed by atoms with van der Waals surface area (Å²) in [5, 5.41) is 0. The third kappa shape index (κ3) is 2.62. The van der Waals surface area contributed by atoms with Gasteiger partial charge in [0.15, 0.2) is 5.78 Å². The van der Waals surface area contributed by atoms with Gasteiger partial charge in [-0.05, 0) is 55.7 Å². The van der Waals surface area contributed by atoms with Crippen molar-refractivity contribution in [3.63, 3.8) is 0 Å². The van der Waals surface area contributed by atoms with E-state index in [-0.39, 0.29) is 11.9 Å². The van der Waals surface area contributed by atoms with E-state index >= 15 is 0 Å². The van der Waals surface area contributed by atoms with Crippen LogP contribution in [-0.2, 0) is 0 Å². The minimum atomic E-state index is -0.188. The van der Waals surface area contributed by atoms with Crippen molar-refractivity contribution >= 4 is 21.7 Å². The van der Waals surface area contributed by atoms with Gasteiger partial charge in [0.2, 0.25) is 0 Å². The molecule has 1 aliphatic heterocycles. The van der Waals surface area contributed by atoms with Crippen LogP contribution < -0.4 is 4.74 Å². The number of hydrogen-bond donors (Lipinski definition) is 0. The fourth-order valence-electron chi connectivity index (χ4n) is 3.16. The Kier molecular flexibility index (Phi) is 3.62. The lowest BCUT2D eigenvalue weighted by atomic mass is 9.90. The lowest BCUT2D eigenvalue weighted by Crippen LogP contribution is -2.22. The molecule has 0 saturated carbocycles. The molecule has 0 radical (unpaired) electrons. The van der Waals surface area contributed by atoms with Crippen LogP contribution in [0.3, 0.4) is 0 Å². The van der Waals surface area contributed by atoms with E-state index < -0.39 is 0 Å². The largest absolute Gasteiger partial charge is 0.484 e. The summed E-state index contributed by atoms with van der Waals surface area (Å²) in [4.78, 5) is 12.4. The maximum absolute atomic E-state index is 12.4. The smallest absolute Gasteiger partial charge is 0.170 e. The number of rotatable bonds is 1. The van der Waals surface area contributed by atoms with Crippen LogP contribution in [0.15, 0.2) is 34.8 Å². The molecule has 0 spiro atoms. The van der Waals surface area contributed by atoms with Gasteiger partial charge in [0.25, 0.3) is 0 Å². The Labute approximate surface area is 133 Å². The zero-order valence-electron chi connectivity index (χ0n) is 12.4. The second-order valence-electron chi connectivity index (χ2n) is 5.69. The van der Waals surface area contributed by atoms with Crippen molar-refractivity contribution in [1.29, 1.82) is 0 Å². The number of ether oxygens (including phenoxy) is 1. The molecule has 108 valence electrons. The summed E-state index contributed by atoms with van der Waals surface area (Å²) in [5.41, 5.74) is 5.42. The molecule has 1 atom stereocenters. The van der Waals surface area contributed by atoms with Gasteiger partial charge in [-0.15, -0.1) is 0 Å². The van der Waals surface area contributed by atoms with Crippen LogP contribution in [0.1, 0.15) is 45.1 Å². The molecule has 3 rings (SSSR count). The first-order valence-electron chi connectivity index (χ1n) is 7.03. The lowest BCUT2D eigenvalue weighted by Gasteiger charge is -2.28. The summed E-state index contributed by atoms with van der Waals surface area (Å²) in [6, 6.07) is 9.90. The van der Waals surface area contributed by atoms with Gasteiger partial charge in [-0.25, -0.2) is 0 Å². The molecule has 3 heteroatoms. The quantitative estimate of drug-likeness (QED) is 0.720. The third-order valence-corrected chi connectivity index (χ3v) is 4.44. The van der Waals surface area contributed by atoms with Crippen LogP contribution in [0.4, 0.5) is 0 Å². The van der Waals surface area contributed by atoms with E-state index in [4.69, 9.17) is 4.74 Å². The maximum Gasteiger partial charge on any atom is 0.170 e. The molecule has 1 aliphatic rings. The normalized spacial score (nSPS) is 17.3. The second-order valence-corrected chi connectivity index (χ2v) is 6.60. The van der Waals surface area contributed by atoms with Gasteiger partial charge in [-0.1, -0.05) is 33.6 Å². The van der Waals surface area contributed by atoms with Gasteiger partial charge in [0, 0.05) is 4.47 Å². The third-order valence-electron chi connectivity index (χ3n) is 3.94. The zero-order valence-corrected chi connectivity index (χ0v) is 14.0. The predicted octanol–water partition coefficient (Wildman–Crippen LogP) is 5.08. The molecule has 0 saturated heterocycles. The van der Waals surface area contributed by atoms with E-state index in [1.54, 1.807) is 0 Å². The SMILES string of the molecule is Cc1cc(C)c(C2CC(=O)c3cc(Br)ccc3O2)c(C)c1. The molecule has 0 amide bonds. The van der Waals surface area contributed by atoms with E-state index in [9.17, 15) is 4.79 Å². The summed E-state index contributed by atoms with van der Waals surface area (Å²) in [6.07, 6.45) is 0.209. The number of aryl methyl sites for hydroxylation is 3. The fraction of sp³-hybridized carbons (Fsp3) is 0.278. The van der Waals surface area contributed by atoms with Crippen LogP contribution in [-0.4, -0.2) is 5.78 Å². The Morgan fingerprint density at radius 3 is 2.43 bits per heavy atom. The molecule has 0 bridgehead atoms. The Balaban J connectivity index is 2.04. The highest BCUT2D eigenvalue weighted by Crippen LogP contribution is 2.38. The molecule has 0 fully saturated rings. The van der Waals surface area contributed by atoms with Gasteiger partial charge < -0.3 is 4.74 Å². The summed E-state index contributed by atoms with van der Waals surface area (Å²) in [5.74, 6) is 0.820. The molecule has 2 aromatic rings. The van der Waals surface area contributed by atoms with Gasteiger partial charge in [-0.3, -0.25) is 4.79 Å². The van der Waals surface area contributed by atoms with E-state index in [1.165, 1.54) is 16.7 Å². The van der Waals surface area contributed by atoms with Crippen molar-refractivity contribution in [2.24, 2.45) is 0 Å². The number of Topliss-reactive ketones (excluding diaryl/α,β-unsaturated/α-hetero) is 1. The molecule has 0 aromatic heterocycles. The number of fused-ring (bicyclic) bond motifs is 1. The highest BCUT2D eigenvalue weighted by atomic mass is 79.9. The minimum Gasteiger partial charge on any atom is -0.484 e. The van der Waals surface area contributed by atoms with Gasteiger partial charge in [0.1, 0.15) is 11.9 Å². The maximum atomic E-state index is 12.4. The molecule has 2 nitrogen and oxygen atoms in total. The van der Waals surface area contributed by atoms with Crippen molar-refractivity contribution < 1.29 is 9.53 Å². The number of halogens is 1. The second kappa shape index (κ2) is 5.30. The van der Waals surface area contributed by atoms with Crippen molar-refractivity contribution in [2.75, 3.05) is 0 Å². The summed E-state index contributed by atoms with van der Waals surface area (Å²) < 4.78 is 7.01. The predicted molar refractivity (Wildman–Crippen MR) is 87.1 cm³/mol. The van der Waals surface area contributed by atoms with E-state index in [0.717, 1.165) is 10.0 Å². The Hall–Kier alpha value is -1.61. The average molecular weight is 345 g/mol. The minimum absolute atomic E-state index is 0.141. The molecule has 0 N–H and O–H groups in total. The Morgan fingerprint density at radius 2 is 1.76 bits per heavy atom. The number of carbonyl (C=O) groups excluding carboxylic acids is 1. The molecule has 1 heterocycles. The lowest BCUT2D eigenvalue weighted by molar-refractivity contribution is 0.0848. The first-order chi connectivity index (χ1) is 9.95. The Morgan fingerprint density at radius 1 is 1.10 bits per heavy atom. The number of benzene rings is 2. The molecular weight excluding hydrogens is 328 g/mol. The molecule has 21 heavy (non-hydrogen) atoms. The molecule has 0 aliphatic carbocycles. The molecular formula is C18H17BrO2. The monoisotopic (exact) mass is 344 g/mol. The average Bonchev–Trinajstić information content (AvgIpc) is 2.38. The van der Waals surface area contributed by atoms with Gasteiger partial charge in [-0.2, -0.15) is 0 Å². The van der Waals surface area contributed by atoms with Crippen molar-refractivity contribution in [2.45, 2.75) is 33.3 Å². The van der Waals surface area contributed by atoms with Crippen LogP contribution in [0.5, 0.6) is 5.75 Å². The van der Waals surface area contributed by atoms with Crippen LogP contribution in [0, 0.1) is 20.8 Å². The first-order valence-corrected chi connectivity index (χ1v) is 7.82. The number of ketones is 1.